The summed E-state index contributed by atoms with van der Waals surface area (Å²) >= 11 is 0. The van der Waals surface area contributed by atoms with Gasteiger partial charge in [0, 0.05) is 56.8 Å². The van der Waals surface area contributed by atoms with Gasteiger partial charge in [-0.2, -0.15) is 13.8 Å². The third kappa shape index (κ3) is 11.2. The molecular weight excluding hydrogens is 1000 g/mol. The van der Waals surface area contributed by atoms with Gasteiger partial charge in [0.2, 0.25) is 17.8 Å². The molecule has 4 aromatic rings. The van der Waals surface area contributed by atoms with E-state index in [-0.39, 0.29) is 93.8 Å². The van der Waals surface area contributed by atoms with Crippen molar-refractivity contribution in [3.8, 4) is 11.5 Å². The SMILES string of the molecule is COc1cc(C(=O)NC2CCN(C(C)(C)CC(C)(C)c3cccc(CNC(=O)COc4cccc5c4C(=O)N(C4CCC(=O)NC4=O)C5=O)c3)CC2)c(F)cc1Nc1ncc2c(n1)N(C1CCCC1)CC(F)(F)C(=O)N2C. The number of anilines is 4. The number of likely N-dealkylation sites (tertiary alicyclic amines) is 1. The molecule has 0 radical (unpaired) electrons. The molecule has 7 amide bonds. The molecule has 9 rings (SSSR count). The molecule has 2 saturated heterocycles. The number of nitrogens with one attached hydrogen (secondary N) is 4. The Kier molecular flexibility index (Phi) is 15.1. The van der Waals surface area contributed by atoms with E-state index in [0.29, 0.717) is 38.8 Å². The molecule has 1 unspecified atom stereocenters. The van der Waals surface area contributed by atoms with E-state index in [1.54, 1.807) is 0 Å². The second kappa shape index (κ2) is 21.4. The number of ether oxygens (including phenoxy) is 2. The molecule has 1 aromatic heterocycles. The molecule has 5 heterocycles. The largest absolute Gasteiger partial charge is 0.495 e. The third-order valence-corrected chi connectivity index (χ3v) is 15.5. The lowest BCUT2D eigenvalue weighted by atomic mass is 9.73. The predicted molar refractivity (Wildman–Crippen MR) is 277 cm³/mol. The van der Waals surface area contributed by atoms with Crippen LogP contribution in [0.25, 0.3) is 0 Å². The van der Waals surface area contributed by atoms with Crippen molar-refractivity contribution in [2.45, 2.75) is 127 Å². The van der Waals surface area contributed by atoms with Gasteiger partial charge in [-0.3, -0.25) is 48.7 Å². The van der Waals surface area contributed by atoms with Gasteiger partial charge in [0.15, 0.2) is 12.4 Å². The summed E-state index contributed by atoms with van der Waals surface area (Å²) in [5, 5.41) is 11.0. The number of fused-ring (bicyclic) bond motifs is 2. The van der Waals surface area contributed by atoms with Gasteiger partial charge < -0.3 is 35.2 Å². The fourth-order valence-corrected chi connectivity index (χ4v) is 11.5. The van der Waals surface area contributed by atoms with E-state index in [9.17, 15) is 33.6 Å². The van der Waals surface area contributed by atoms with Gasteiger partial charge in [-0.25, -0.2) is 9.37 Å². The number of rotatable bonds is 16. The van der Waals surface area contributed by atoms with E-state index >= 15 is 13.2 Å². The third-order valence-electron chi connectivity index (χ3n) is 15.5. The molecule has 3 fully saturated rings. The topological polar surface area (TPSA) is 225 Å². The lowest BCUT2D eigenvalue weighted by Gasteiger charge is -2.46. The first-order valence-corrected chi connectivity index (χ1v) is 25.9. The summed E-state index contributed by atoms with van der Waals surface area (Å²) in [6.07, 6.45) is 6.34. The summed E-state index contributed by atoms with van der Waals surface area (Å²) in [5.41, 5.74) is 1.33. The number of halogens is 3. The fourth-order valence-electron chi connectivity index (χ4n) is 11.5. The number of imide groups is 2. The number of nitrogens with zero attached hydrogens (tertiary/aromatic N) is 6. The van der Waals surface area contributed by atoms with Crippen LogP contribution in [-0.2, 0) is 31.1 Å². The van der Waals surface area contributed by atoms with E-state index in [2.05, 4.69) is 76.0 Å². The lowest BCUT2D eigenvalue weighted by Crippen LogP contribution is -2.54. The van der Waals surface area contributed by atoms with Crippen molar-refractivity contribution < 1.29 is 56.2 Å². The van der Waals surface area contributed by atoms with Gasteiger partial charge >= 0.3 is 5.92 Å². The number of hydrogen-bond donors (Lipinski definition) is 4. The first-order chi connectivity index (χ1) is 36.5. The highest BCUT2D eigenvalue weighted by molar-refractivity contribution is 6.24. The highest BCUT2D eigenvalue weighted by Crippen LogP contribution is 2.42. The zero-order valence-corrected chi connectivity index (χ0v) is 43.9. The second-order valence-electron chi connectivity index (χ2n) is 21.7. The molecule has 5 aliphatic rings. The van der Waals surface area contributed by atoms with Crippen LogP contribution >= 0.6 is 0 Å². The summed E-state index contributed by atoms with van der Waals surface area (Å²) in [4.78, 5) is 105. The van der Waals surface area contributed by atoms with Gasteiger partial charge in [0.1, 0.15) is 29.0 Å². The average molecular weight is 1070 g/mol. The zero-order chi connectivity index (χ0) is 55.1. The van der Waals surface area contributed by atoms with E-state index < -0.39 is 72.3 Å². The number of methoxy groups -OCH3 is 1. The number of aromatic nitrogens is 2. The summed E-state index contributed by atoms with van der Waals surface area (Å²) in [6.45, 7) is 8.97. The molecule has 22 heteroatoms. The Bertz CT molecular complexity index is 3030. The minimum atomic E-state index is -3.65. The Labute approximate surface area is 443 Å². The Morgan fingerprint density at radius 3 is 2.35 bits per heavy atom. The van der Waals surface area contributed by atoms with Crippen molar-refractivity contribution in [3.05, 3.63) is 94.4 Å². The maximum atomic E-state index is 15.9. The van der Waals surface area contributed by atoms with Crippen LogP contribution in [0.1, 0.15) is 128 Å². The number of benzene rings is 3. The number of alkyl halides is 2. The molecule has 0 spiro atoms. The maximum absolute atomic E-state index is 15.9. The first-order valence-electron chi connectivity index (χ1n) is 25.9. The van der Waals surface area contributed by atoms with Crippen LogP contribution in [0.2, 0.25) is 0 Å². The van der Waals surface area contributed by atoms with E-state index in [1.807, 2.05) is 12.1 Å². The van der Waals surface area contributed by atoms with Crippen LogP contribution in [0.4, 0.5) is 36.3 Å². The van der Waals surface area contributed by atoms with Crippen LogP contribution < -0.4 is 40.5 Å². The average Bonchev–Trinajstić information content (AvgIpc) is 4.01. The predicted octanol–water partition coefficient (Wildman–Crippen LogP) is 6.17. The quantitative estimate of drug-likeness (QED) is 0.0923. The molecule has 19 nitrogen and oxygen atoms in total. The van der Waals surface area contributed by atoms with E-state index in [4.69, 9.17) is 9.47 Å². The van der Waals surface area contributed by atoms with Gasteiger partial charge in [-0.05, 0) is 87.1 Å². The van der Waals surface area contributed by atoms with Crippen LogP contribution in [0.3, 0.4) is 0 Å². The normalized spacial score (nSPS) is 19.4. The molecule has 4 N–H and O–H groups in total. The van der Waals surface area contributed by atoms with Gasteiger partial charge in [-0.1, -0.05) is 57.0 Å². The molecule has 4 aliphatic heterocycles. The monoisotopic (exact) mass is 1060 g/mol. The molecular formula is C55H63F3N10O9. The van der Waals surface area contributed by atoms with Crippen LogP contribution in [-0.4, -0.2) is 131 Å². The minimum absolute atomic E-state index is 0.00981. The molecule has 77 heavy (non-hydrogen) atoms. The van der Waals surface area contributed by atoms with Crippen molar-refractivity contribution in [2.24, 2.45) is 0 Å². The van der Waals surface area contributed by atoms with Crippen LogP contribution in [0, 0.1) is 5.82 Å². The molecule has 408 valence electrons. The Morgan fingerprint density at radius 2 is 1.64 bits per heavy atom. The summed E-state index contributed by atoms with van der Waals surface area (Å²) in [6, 6.07) is 13.2. The van der Waals surface area contributed by atoms with E-state index in [1.165, 1.54) is 49.5 Å². The molecule has 0 bridgehead atoms. The van der Waals surface area contributed by atoms with Gasteiger partial charge in [0.25, 0.3) is 29.5 Å². The van der Waals surface area contributed by atoms with E-state index in [0.717, 1.165) is 46.3 Å². The fraction of sp³-hybridized carbons (Fsp3) is 0.473. The van der Waals surface area contributed by atoms with Crippen LogP contribution in [0.15, 0.2) is 60.8 Å². The number of hydrogen-bond acceptors (Lipinski definition) is 14. The summed E-state index contributed by atoms with van der Waals surface area (Å²) < 4.78 is 57.5. The van der Waals surface area contributed by atoms with Gasteiger partial charge in [0.05, 0.1) is 42.2 Å². The second-order valence-corrected chi connectivity index (χ2v) is 21.7. The highest BCUT2D eigenvalue weighted by atomic mass is 19.3. The number of amides is 7. The summed E-state index contributed by atoms with van der Waals surface area (Å²) in [7, 11) is 2.63. The number of carbonyl (C=O) groups is 7. The Hall–Kier alpha value is -7.62. The molecule has 1 atom stereocenters. The Balaban J connectivity index is 0.768. The van der Waals surface area contributed by atoms with Crippen molar-refractivity contribution in [1.29, 1.82) is 0 Å². The lowest BCUT2D eigenvalue weighted by molar-refractivity contribution is -0.140. The maximum Gasteiger partial charge on any atom is 0.342 e. The van der Waals surface area contributed by atoms with Crippen molar-refractivity contribution in [3.63, 3.8) is 0 Å². The Morgan fingerprint density at radius 1 is 0.909 bits per heavy atom. The molecule has 3 aromatic carbocycles. The van der Waals surface area contributed by atoms with Crippen molar-refractivity contribution in [1.82, 2.24) is 35.7 Å². The highest BCUT2D eigenvalue weighted by Gasteiger charge is 2.49. The summed E-state index contributed by atoms with van der Waals surface area (Å²) in [5.74, 6) is -9.25. The standard InChI is InChI=1S/C55H63F3N10O9/c1-53(2,32-12-9-11-31(23-32)26-59-44(70)28-77-41-16-10-15-35-45(41)50(74)68(49(35)73)39-17-18-43(69)63-48(39)72)29-54(3,4)66-21-19-33(20-22-66)61-47(71)36-24-42(76-6)38(25-37(36)56)62-52-60-27-40-46(64-52)67(34-13-7-8-14-34)30-55(57,58)51(75)65(40)5/h9-12,15-16,23-25,27,33-34,39H,7-8,13-14,17-22,26,28-30H2,1-6H3,(H,59,70)(H,61,71)(H,60,62,64)(H,63,69,72). The molecule has 1 aliphatic carbocycles. The van der Waals surface area contributed by atoms with Crippen LogP contribution in [0.5, 0.6) is 11.5 Å². The number of piperidine rings is 2. The number of carbonyl (C=O) groups excluding carboxylic acids is 7. The van der Waals surface area contributed by atoms with Crippen molar-refractivity contribution >= 4 is 64.5 Å². The molecule has 1 saturated carbocycles. The minimum Gasteiger partial charge on any atom is -0.495 e. The van der Waals surface area contributed by atoms with Crippen molar-refractivity contribution in [2.75, 3.05) is 55.5 Å². The smallest absolute Gasteiger partial charge is 0.342 e. The first kappa shape index (κ1) is 54.2. The van der Waals surface area contributed by atoms with Gasteiger partial charge in [-0.15, -0.1) is 0 Å². The zero-order valence-electron chi connectivity index (χ0n) is 43.9.